The summed E-state index contributed by atoms with van der Waals surface area (Å²) in [4.78, 5) is 0. The molecule has 2 N–H and O–H groups in total. The molecule has 0 spiro atoms. The highest BCUT2D eigenvalue weighted by Gasteiger charge is 2.21. The molecule has 0 aromatic heterocycles. The Hall–Kier alpha value is -1.87. The van der Waals surface area contributed by atoms with Gasteiger partial charge in [0.05, 0.1) is 0 Å². The van der Waals surface area contributed by atoms with Gasteiger partial charge in [-0.05, 0) is 59.3 Å². The monoisotopic (exact) mass is 324 g/mol. The van der Waals surface area contributed by atoms with Crippen LogP contribution < -0.4 is 10.6 Å². The fourth-order valence-electron chi connectivity index (χ4n) is 3.07. The van der Waals surface area contributed by atoms with Crippen LogP contribution in [0.2, 0.25) is 0 Å². The van der Waals surface area contributed by atoms with Crippen LogP contribution in [0.4, 0.5) is 5.69 Å². The lowest BCUT2D eigenvalue weighted by Gasteiger charge is -2.20. The number of nitrogens with one attached hydrogen (secondary N) is 2. The van der Waals surface area contributed by atoms with Crippen molar-refractivity contribution in [2.45, 2.75) is 45.1 Å². The molecule has 23 heavy (non-hydrogen) atoms. The highest BCUT2D eigenvalue weighted by Crippen LogP contribution is 2.24. The van der Waals surface area contributed by atoms with Crippen molar-refractivity contribution in [1.82, 2.24) is 5.32 Å². The van der Waals surface area contributed by atoms with Crippen molar-refractivity contribution >= 4 is 23.0 Å². The van der Waals surface area contributed by atoms with Crippen LogP contribution in [-0.4, -0.2) is 11.2 Å². The minimum atomic E-state index is 0.174. The quantitative estimate of drug-likeness (QED) is 0.799. The third-order valence-electron chi connectivity index (χ3n) is 4.40. The third-order valence-corrected chi connectivity index (χ3v) is 4.61. The number of thiocarbonyl (C=S) groups is 1. The Bertz CT molecular complexity index is 673. The first-order chi connectivity index (χ1) is 10.9. The largest absolute Gasteiger partial charge is 0.359 e. The van der Waals surface area contributed by atoms with Gasteiger partial charge >= 0.3 is 0 Å². The SMILES string of the molecule is CC(C)(C)c1ccc(NC(=S)NC2Cc3ccccc3C2)cc1. The second-order valence-electron chi connectivity index (χ2n) is 7.30. The van der Waals surface area contributed by atoms with Crippen molar-refractivity contribution < 1.29 is 0 Å². The van der Waals surface area contributed by atoms with Gasteiger partial charge < -0.3 is 10.6 Å². The van der Waals surface area contributed by atoms with Crippen LogP contribution in [0.1, 0.15) is 37.5 Å². The van der Waals surface area contributed by atoms with E-state index >= 15 is 0 Å². The number of anilines is 1. The third kappa shape index (κ3) is 3.91. The van der Waals surface area contributed by atoms with Crippen molar-refractivity contribution in [2.75, 3.05) is 5.32 Å². The summed E-state index contributed by atoms with van der Waals surface area (Å²) in [5.74, 6) is 0. The molecule has 2 aromatic carbocycles. The Balaban J connectivity index is 1.56. The van der Waals surface area contributed by atoms with E-state index in [1.807, 2.05) is 0 Å². The lowest BCUT2D eigenvalue weighted by molar-refractivity contribution is 0.590. The number of rotatable bonds is 2. The van der Waals surface area contributed by atoms with Crippen molar-refractivity contribution in [1.29, 1.82) is 0 Å². The molecular weight excluding hydrogens is 300 g/mol. The van der Waals surface area contributed by atoms with E-state index in [1.165, 1.54) is 16.7 Å². The first kappa shape index (κ1) is 16.0. The molecule has 1 aliphatic carbocycles. The van der Waals surface area contributed by atoms with Crippen molar-refractivity contribution in [3.05, 3.63) is 65.2 Å². The molecule has 120 valence electrons. The van der Waals surface area contributed by atoms with Crippen molar-refractivity contribution in [3.63, 3.8) is 0 Å². The minimum absolute atomic E-state index is 0.174. The van der Waals surface area contributed by atoms with Crippen LogP contribution in [0.5, 0.6) is 0 Å². The molecule has 0 aliphatic heterocycles. The first-order valence-corrected chi connectivity index (χ1v) is 8.57. The molecule has 0 heterocycles. The Kier molecular flexibility index (Phi) is 4.40. The molecule has 0 saturated heterocycles. The van der Waals surface area contributed by atoms with Gasteiger partial charge in [0.15, 0.2) is 5.11 Å². The van der Waals surface area contributed by atoms with Gasteiger partial charge in [-0.3, -0.25) is 0 Å². The van der Waals surface area contributed by atoms with Crippen LogP contribution in [-0.2, 0) is 18.3 Å². The van der Waals surface area contributed by atoms with Gasteiger partial charge in [-0.15, -0.1) is 0 Å². The average molecular weight is 324 g/mol. The lowest BCUT2D eigenvalue weighted by Crippen LogP contribution is -2.38. The zero-order chi connectivity index (χ0) is 16.4. The molecule has 2 nitrogen and oxygen atoms in total. The fraction of sp³-hybridized carbons (Fsp3) is 0.350. The van der Waals surface area contributed by atoms with Gasteiger partial charge in [0.25, 0.3) is 0 Å². The van der Waals surface area contributed by atoms with Gasteiger partial charge in [-0.2, -0.15) is 0 Å². The Morgan fingerprint density at radius 2 is 1.52 bits per heavy atom. The molecule has 0 bridgehead atoms. The second kappa shape index (κ2) is 6.32. The summed E-state index contributed by atoms with van der Waals surface area (Å²) in [5.41, 5.74) is 5.40. The predicted molar refractivity (Wildman–Crippen MR) is 102 cm³/mol. The minimum Gasteiger partial charge on any atom is -0.359 e. The first-order valence-electron chi connectivity index (χ1n) is 8.17. The standard InChI is InChI=1S/C20H24N2S/c1-20(2,3)16-8-10-17(11-9-16)21-19(23)22-18-12-14-6-4-5-7-15(14)13-18/h4-11,18H,12-13H2,1-3H3,(H2,21,22,23). The highest BCUT2D eigenvalue weighted by atomic mass is 32.1. The molecule has 2 aromatic rings. The maximum atomic E-state index is 5.47. The van der Waals surface area contributed by atoms with Gasteiger partial charge in [0, 0.05) is 11.7 Å². The van der Waals surface area contributed by atoms with E-state index in [4.69, 9.17) is 12.2 Å². The second-order valence-corrected chi connectivity index (χ2v) is 7.71. The van der Waals surface area contributed by atoms with E-state index < -0.39 is 0 Å². The van der Waals surface area contributed by atoms with Crippen LogP contribution in [0.3, 0.4) is 0 Å². The number of hydrogen-bond donors (Lipinski definition) is 2. The Morgan fingerprint density at radius 1 is 0.957 bits per heavy atom. The lowest BCUT2D eigenvalue weighted by atomic mass is 9.87. The summed E-state index contributed by atoms with van der Waals surface area (Å²) in [6.07, 6.45) is 2.09. The van der Waals surface area contributed by atoms with E-state index in [1.54, 1.807) is 0 Å². The fourth-order valence-corrected chi connectivity index (χ4v) is 3.35. The molecule has 3 rings (SSSR count). The summed E-state index contributed by atoms with van der Waals surface area (Å²) >= 11 is 5.47. The summed E-state index contributed by atoms with van der Waals surface area (Å²) in [5, 5.41) is 7.43. The van der Waals surface area contributed by atoms with Gasteiger partial charge in [-0.1, -0.05) is 57.2 Å². The molecule has 0 unspecified atom stereocenters. The molecule has 1 aliphatic rings. The maximum absolute atomic E-state index is 5.47. The van der Waals surface area contributed by atoms with Gasteiger partial charge in [0.1, 0.15) is 0 Å². The van der Waals surface area contributed by atoms with E-state index in [2.05, 4.69) is 79.9 Å². The molecule has 0 radical (unpaired) electrons. The zero-order valence-electron chi connectivity index (χ0n) is 14.0. The van der Waals surface area contributed by atoms with E-state index in [0.29, 0.717) is 11.2 Å². The molecule has 0 amide bonds. The van der Waals surface area contributed by atoms with Crippen LogP contribution in [0.25, 0.3) is 0 Å². The molecule has 0 fully saturated rings. The van der Waals surface area contributed by atoms with Gasteiger partial charge in [0.2, 0.25) is 0 Å². The summed E-state index contributed by atoms with van der Waals surface area (Å²) in [6.45, 7) is 6.66. The number of fused-ring (bicyclic) bond motifs is 1. The average Bonchev–Trinajstić information content (AvgIpc) is 2.88. The van der Waals surface area contributed by atoms with E-state index in [0.717, 1.165) is 18.5 Å². The predicted octanol–water partition coefficient (Wildman–Crippen LogP) is 4.44. The molecule has 0 atom stereocenters. The van der Waals surface area contributed by atoms with Crippen LogP contribution in [0, 0.1) is 0 Å². The summed E-state index contributed by atoms with van der Waals surface area (Å²) in [6, 6.07) is 17.5. The van der Waals surface area contributed by atoms with E-state index in [-0.39, 0.29) is 5.41 Å². The molecular formula is C20H24N2S. The topological polar surface area (TPSA) is 24.1 Å². The molecule has 3 heteroatoms. The zero-order valence-corrected chi connectivity index (χ0v) is 14.8. The molecule has 0 saturated carbocycles. The Morgan fingerprint density at radius 3 is 2.04 bits per heavy atom. The maximum Gasteiger partial charge on any atom is 0.171 e. The van der Waals surface area contributed by atoms with Crippen LogP contribution >= 0.6 is 12.2 Å². The van der Waals surface area contributed by atoms with Crippen LogP contribution in [0.15, 0.2) is 48.5 Å². The van der Waals surface area contributed by atoms with E-state index in [9.17, 15) is 0 Å². The van der Waals surface area contributed by atoms with Crippen molar-refractivity contribution in [3.8, 4) is 0 Å². The summed E-state index contributed by atoms with van der Waals surface area (Å²) in [7, 11) is 0. The summed E-state index contributed by atoms with van der Waals surface area (Å²) < 4.78 is 0. The number of hydrogen-bond acceptors (Lipinski definition) is 1. The highest BCUT2D eigenvalue weighted by molar-refractivity contribution is 7.80. The van der Waals surface area contributed by atoms with Gasteiger partial charge in [-0.25, -0.2) is 0 Å². The normalized spacial score (nSPS) is 14.4. The number of benzene rings is 2. The Labute approximate surface area is 144 Å². The van der Waals surface area contributed by atoms with Crippen molar-refractivity contribution in [2.24, 2.45) is 0 Å². The smallest absolute Gasteiger partial charge is 0.171 e.